The van der Waals surface area contributed by atoms with E-state index < -0.39 is 10.0 Å². The van der Waals surface area contributed by atoms with Crippen molar-refractivity contribution in [1.29, 1.82) is 0 Å². The Kier molecular flexibility index (Phi) is 6.14. The van der Waals surface area contributed by atoms with Crippen molar-refractivity contribution >= 4 is 27.3 Å². The van der Waals surface area contributed by atoms with Crippen LogP contribution >= 0.6 is 0 Å². The van der Waals surface area contributed by atoms with E-state index >= 15 is 0 Å². The van der Waals surface area contributed by atoms with Crippen LogP contribution in [0.15, 0.2) is 71.9 Å². The van der Waals surface area contributed by atoms with Crippen LogP contribution in [0, 0.1) is 5.92 Å². The monoisotopic (exact) mass is 451 g/mol. The van der Waals surface area contributed by atoms with E-state index in [1.54, 1.807) is 53.7 Å². The molecule has 3 aromatic rings. The molecule has 0 saturated carbocycles. The fraction of sp³-hybridized carbons (Fsp3) is 0.250. The molecule has 1 aromatic heterocycles. The summed E-state index contributed by atoms with van der Waals surface area (Å²) in [6.07, 6.45) is 3.87. The average molecular weight is 452 g/mol. The number of carbonyl (C=O) groups is 1. The summed E-state index contributed by atoms with van der Waals surface area (Å²) in [6.45, 7) is 5.20. The minimum atomic E-state index is -3.79. The number of amides is 1. The summed E-state index contributed by atoms with van der Waals surface area (Å²) >= 11 is 0. The number of fused-ring (bicyclic) bond motifs is 1. The molecule has 0 radical (unpaired) electrons. The van der Waals surface area contributed by atoms with Crippen molar-refractivity contribution in [2.75, 3.05) is 22.8 Å². The number of nitrogens with zero attached hydrogens (tertiary/aromatic N) is 2. The molecule has 0 fully saturated rings. The van der Waals surface area contributed by atoms with Crippen molar-refractivity contribution in [1.82, 2.24) is 4.98 Å². The molecule has 0 atom stereocenters. The van der Waals surface area contributed by atoms with Gasteiger partial charge in [0, 0.05) is 30.2 Å². The molecule has 1 amide bonds. The molecule has 1 aliphatic heterocycles. The summed E-state index contributed by atoms with van der Waals surface area (Å²) in [6, 6.07) is 15.0. The van der Waals surface area contributed by atoms with Crippen molar-refractivity contribution in [3.8, 4) is 5.75 Å². The first-order valence-electron chi connectivity index (χ1n) is 10.4. The van der Waals surface area contributed by atoms with Crippen LogP contribution in [0.2, 0.25) is 0 Å². The quantitative estimate of drug-likeness (QED) is 0.584. The van der Waals surface area contributed by atoms with Gasteiger partial charge >= 0.3 is 0 Å². The number of ether oxygens (including phenoxy) is 1. The summed E-state index contributed by atoms with van der Waals surface area (Å²) in [7, 11) is -3.79. The first-order chi connectivity index (χ1) is 15.3. The Hall–Kier alpha value is -3.39. The van der Waals surface area contributed by atoms with Crippen molar-refractivity contribution in [3.63, 3.8) is 0 Å². The molecule has 7 nitrogen and oxygen atoms in total. The molecule has 0 unspecified atom stereocenters. The van der Waals surface area contributed by atoms with Crippen molar-refractivity contribution in [2.24, 2.45) is 5.92 Å². The van der Waals surface area contributed by atoms with Crippen LogP contribution in [0.3, 0.4) is 0 Å². The lowest BCUT2D eigenvalue weighted by Crippen LogP contribution is -2.28. The predicted octanol–water partition coefficient (Wildman–Crippen LogP) is 4.12. The number of carbonyl (C=O) groups excluding carboxylic acids is 1. The highest BCUT2D eigenvalue weighted by molar-refractivity contribution is 7.92. The molecular formula is C24H25N3O4S. The molecule has 32 heavy (non-hydrogen) atoms. The Labute approximate surface area is 188 Å². The second kappa shape index (κ2) is 9.00. The zero-order valence-corrected chi connectivity index (χ0v) is 18.8. The van der Waals surface area contributed by atoms with Crippen LogP contribution in [-0.2, 0) is 16.4 Å². The van der Waals surface area contributed by atoms with E-state index in [1.165, 1.54) is 12.1 Å². The number of hydrogen-bond acceptors (Lipinski definition) is 5. The summed E-state index contributed by atoms with van der Waals surface area (Å²) in [5.74, 6) is 0.869. The second-order valence-corrected chi connectivity index (χ2v) is 9.75. The highest BCUT2D eigenvalue weighted by atomic mass is 32.2. The van der Waals surface area contributed by atoms with Crippen LogP contribution in [0.4, 0.5) is 11.4 Å². The van der Waals surface area contributed by atoms with Crippen molar-refractivity contribution in [3.05, 3.63) is 78.1 Å². The molecule has 0 saturated heterocycles. The third-order valence-corrected chi connectivity index (χ3v) is 6.52. The van der Waals surface area contributed by atoms with E-state index in [1.807, 2.05) is 19.9 Å². The van der Waals surface area contributed by atoms with Gasteiger partial charge in [0.2, 0.25) is 0 Å². The maximum Gasteiger partial charge on any atom is 0.261 e. The van der Waals surface area contributed by atoms with Gasteiger partial charge in [-0.25, -0.2) is 8.42 Å². The van der Waals surface area contributed by atoms with E-state index in [2.05, 4.69) is 9.71 Å². The average Bonchev–Trinajstić information content (AvgIpc) is 3.21. The van der Waals surface area contributed by atoms with Gasteiger partial charge in [-0.05, 0) is 66.4 Å². The number of rotatable bonds is 7. The molecule has 0 aliphatic carbocycles. The molecule has 2 aromatic carbocycles. The maximum atomic E-state index is 12.9. The van der Waals surface area contributed by atoms with E-state index in [0.29, 0.717) is 41.8 Å². The molecule has 2 heterocycles. The second-order valence-electron chi connectivity index (χ2n) is 8.07. The smallest absolute Gasteiger partial charge is 0.261 e. The molecule has 1 aliphatic rings. The fourth-order valence-corrected chi connectivity index (χ4v) is 4.55. The number of anilines is 2. The topological polar surface area (TPSA) is 88.6 Å². The highest BCUT2D eigenvalue weighted by Crippen LogP contribution is 2.33. The van der Waals surface area contributed by atoms with Gasteiger partial charge in [0.05, 0.1) is 17.2 Å². The zero-order valence-electron chi connectivity index (χ0n) is 18.0. The van der Waals surface area contributed by atoms with Crippen LogP contribution < -0.4 is 14.4 Å². The van der Waals surface area contributed by atoms with Crippen LogP contribution in [0.1, 0.15) is 29.8 Å². The lowest BCUT2D eigenvalue weighted by Gasteiger charge is -2.18. The first kappa shape index (κ1) is 21.8. The van der Waals surface area contributed by atoms with Gasteiger partial charge in [-0.2, -0.15) is 0 Å². The molecule has 8 heteroatoms. The standard InChI is InChI=1S/C24H25N3O4S/c1-17(2)16-31-21-5-7-22(8-6-21)32(29,30)26-20-4-3-18-11-14-27(23(18)15-20)24(28)19-9-12-25-13-10-19/h3-10,12-13,15,17,26H,11,14,16H2,1-2H3. The lowest BCUT2D eigenvalue weighted by molar-refractivity contribution is 0.0989. The fourth-order valence-electron chi connectivity index (χ4n) is 3.50. The Balaban J connectivity index is 1.52. The van der Waals surface area contributed by atoms with Gasteiger partial charge < -0.3 is 9.64 Å². The Morgan fingerprint density at radius 1 is 1.09 bits per heavy atom. The molecular weight excluding hydrogens is 426 g/mol. The summed E-state index contributed by atoms with van der Waals surface area (Å²) in [5, 5.41) is 0. The number of aromatic nitrogens is 1. The Morgan fingerprint density at radius 3 is 2.50 bits per heavy atom. The van der Waals surface area contributed by atoms with Crippen LogP contribution in [0.5, 0.6) is 5.75 Å². The van der Waals surface area contributed by atoms with Gasteiger partial charge in [-0.1, -0.05) is 19.9 Å². The lowest BCUT2D eigenvalue weighted by atomic mass is 10.1. The van der Waals surface area contributed by atoms with Gasteiger partial charge in [-0.3, -0.25) is 14.5 Å². The third-order valence-electron chi connectivity index (χ3n) is 5.12. The normalized spacial score (nSPS) is 13.2. The Morgan fingerprint density at radius 2 is 1.81 bits per heavy atom. The molecule has 1 N–H and O–H groups in total. The summed E-state index contributed by atoms with van der Waals surface area (Å²) in [5.41, 5.74) is 2.66. The Bertz CT molecular complexity index is 1210. The first-order valence-corrected chi connectivity index (χ1v) is 11.9. The molecule has 4 rings (SSSR count). The van der Waals surface area contributed by atoms with E-state index in [9.17, 15) is 13.2 Å². The van der Waals surface area contributed by atoms with Gasteiger partial charge in [0.1, 0.15) is 5.75 Å². The number of nitrogens with one attached hydrogen (secondary N) is 1. The highest BCUT2D eigenvalue weighted by Gasteiger charge is 2.26. The van der Waals surface area contributed by atoms with E-state index in [0.717, 1.165) is 12.0 Å². The third kappa shape index (κ3) is 4.75. The van der Waals surface area contributed by atoms with Crippen LogP contribution in [0.25, 0.3) is 0 Å². The van der Waals surface area contributed by atoms with Gasteiger partial charge in [-0.15, -0.1) is 0 Å². The maximum absolute atomic E-state index is 12.9. The number of hydrogen-bond donors (Lipinski definition) is 1. The van der Waals surface area contributed by atoms with Gasteiger partial charge in [0.25, 0.3) is 15.9 Å². The molecule has 166 valence electrons. The van der Waals surface area contributed by atoms with Gasteiger partial charge in [0.15, 0.2) is 0 Å². The molecule has 0 spiro atoms. The zero-order chi connectivity index (χ0) is 22.7. The minimum Gasteiger partial charge on any atom is -0.493 e. The molecule has 0 bridgehead atoms. The van der Waals surface area contributed by atoms with E-state index in [4.69, 9.17) is 4.74 Å². The van der Waals surface area contributed by atoms with Crippen LogP contribution in [-0.4, -0.2) is 32.5 Å². The predicted molar refractivity (Wildman–Crippen MR) is 124 cm³/mol. The van der Waals surface area contributed by atoms with Crippen molar-refractivity contribution in [2.45, 2.75) is 25.2 Å². The number of pyridine rings is 1. The summed E-state index contributed by atoms with van der Waals surface area (Å²) in [4.78, 5) is 18.7. The SMILES string of the molecule is CC(C)COc1ccc(S(=O)(=O)Nc2ccc3c(c2)N(C(=O)c2ccncc2)CC3)cc1. The van der Waals surface area contributed by atoms with E-state index in [-0.39, 0.29) is 10.8 Å². The van der Waals surface area contributed by atoms with Crippen molar-refractivity contribution < 1.29 is 17.9 Å². The summed E-state index contributed by atoms with van der Waals surface area (Å²) < 4.78 is 34.0. The number of benzene rings is 2. The number of sulfonamides is 1. The minimum absolute atomic E-state index is 0.136. The largest absolute Gasteiger partial charge is 0.493 e.